The van der Waals surface area contributed by atoms with Crippen LogP contribution in [0.2, 0.25) is 0 Å². The van der Waals surface area contributed by atoms with Gasteiger partial charge >= 0.3 is 0 Å². The van der Waals surface area contributed by atoms with Crippen molar-refractivity contribution >= 4 is 32.5 Å². The second-order valence-corrected chi connectivity index (χ2v) is 12.1. The highest BCUT2D eigenvalue weighted by atomic mass is 32.2. The molecule has 5 rings (SSSR count). The number of carbonyl (C=O) groups is 1. The van der Waals surface area contributed by atoms with Crippen LogP contribution >= 0.6 is 0 Å². The van der Waals surface area contributed by atoms with E-state index in [2.05, 4.69) is 10.4 Å². The van der Waals surface area contributed by atoms with Gasteiger partial charge in [-0.25, -0.2) is 13.1 Å². The second-order valence-electron chi connectivity index (χ2n) is 8.69. The molecule has 2 aliphatic heterocycles. The number of fused-ring (bicyclic) bond motifs is 1. The van der Waals surface area contributed by atoms with E-state index in [9.17, 15) is 17.4 Å². The van der Waals surface area contributed by atoms with Gasteiger partial charge in [0.05, 0.1) is 27.8 Å². The van der Waals surface area contributed by atoms with Crippen LogP contribution in [-0.2, 0) is 32.3 Å². The number of aromatic nitrogens is 2. The minimum Gasteiger partial charge on any atom is -0.306 e. The first-order valence-electron chi connectivity index (χ1n) is 11.3. The molecule has 3 aromatic rings. The van der Waals surface area contributed by atoms with Crippen LogP contribution in [0.3, 0.4) is 0 Å². The molecular formula is C24H26N4O4S2. The third-order valence-electron chi connectivity index (χ3n) is 6.25. The lowest BCUT2D eigenvalue weighted by molar-refractivity contribution is 0.102. The van der Waals surface area contributed by atoms with Crippen molar-refractivity contribution in [2.75, 3.05) is 18.4 Å². The summed E-state index contributed by atoms with van der Waals surface area (Å²) in [5, 5.41) is 7.54. The number of aryl methyl sites for hydroxylation is 1. The quantitative estimate of drug-likeness (QED) is 0.581. The largest absolute Gasteiger partial charge is 0.306 e. The summed E-state index contributed by atoms with van der Waals surface area (Å²) in [4.78, 5) is 13.3. The number of amides is 1. The van der Waals surface area contributed by atoms with Gasteiger partial charge in [0, 0.05) is 35.0 Å². The molecule has 178 valence electrons. The fraction of sp³-hybridized carbons (Fsp3) is 0.333. The van der Waals surface area contributed by atoms with Crippen LogP contribution in [0.25, 0.3) is 5.69 Å². The fourth-order valence-electron chi connectivity index (χ4n) is 4.34. The Morgan fingerprint density at radius 1 is 0.971 bits per heavy atom. The summed E-state index contributed by atoms with van der Waals surface area (Å²) < 4.78 is 41.1. The minimum absolute atomic E-state index is 0.187. The summed E-state index contributed by atoms with van der Waals surface area (Å²) in [5.41, 5.74) is 3.73. The van der Waals surface area contributed by atoms with Crippen LogP contribution in [0.1, 0.15) is 46.4 Å². The average molecular weight is 499 g/mol. The van der Waals surface area contributed by atoms with Gasteiger partial charge in [0.1, 0.15) is 5.82 Å². The lowest BCUT2D eigenvalue weighted by atomic mass is 10.2. The number of benzene rings is 2. The van der Waals surface area contributed by atoms with E-state index in [1.165, 1.54) is 28.6 Å². The molecule has 2 aliphatic rings. The maximum absolute atomic E-state index is 13.1. The van der Waals surface area contributed by atoms with Crippen molar-refractivity contribution in [3.63, 3.8) is 0 Å². The van der Waals surface area contributed by atoms with Gasteiger partial charge in [-0.2, -0.15) is 9.40 Å². The summed E-state index contributed by atoms with van der Waals surface area (Å²) in [6, 6.07) is 13.8. The van der Waals surface area contributed by atoms with Crippen molar-refractivity contribution in [2.45, 2.75) is 42.6 Å². The summed E-state index contributed by atoms with van der Waals surface area (Å²) in [5.74, 6) is 0.819. The monoisotopic (exact) mass is 498 g/mol. The molecule has 10 heteroatoms. The minimum atomic E-state index is -3.56. The van der Waals surface area contributed by atoms with E-state index < -0.39 is 20.8 Å². The van der Waals surface area contributed by atoms with Crippen LogP contribution in [-0.4, -0.2) is 45.7 Å². The normalized spacial score (nSPS) is 18.6. The standard InChI is InChI=1S/C24H26N4O4S2/c1-17-5-9-19(10-6-17)28-23(21-15-33(30)16-22(21)26-28)25-24(29)18-7-11-20(12-8-18)34(31,32)27-13-3-2-4-14-27/h5-12H,2-4,13-16H2,1H3,(H,25,29)/t33-/m1/s1. The van der Waals surface area contributed by atoms with Crippen LogP contribution in [0.4, 0.5) is 5.82 Å². The first-order chi connectivity index (χ1) is 16.3. The first kappa shape index (κ1) is 22.9. The highest BCUT2D eigenvalue weighted by Gasteiger charge is 2.29. The number of anilines is 1. The fourth-order valence-corrected chi connectivity index (χ4v) is 7.12. The van der Waals surface area contributed by atoms with Crippen molar-refractivity contribution in [1.82, 2.24) is 14.1 Å². The Morgan fingerprint density at radius 2 is 1.65 bits per heavy atom. The maximum Gasteiger partial charge on any atom is 0.256 e. The average Bonchev–Trinajstić information content (AvgIpc) is 3.37. The number of nitrogens with zero attached hydrogens (tertiary/aromatic N) is 3. The smallest absolute Gasteiger partial charge is 0.256 e. The number of hydrogen-bond acceptors (Lipinski definition) is 5. The van der Waals surface area contributed by atoms with E-state index >= 15 is 0 Å². The van der Waals surface area contributed by atoms with Gasteiger partial charge in [-0.15, -0.1) is 0 Å². The van der Waals surface area contributed by atoms with Crippen LogP contribution in [0, 0.1) is 6.92 Å². The molecule has 1 saturated heterocycles. The van der Waals surface area contributed by atoms with Gasteiger partial charge in [0.2, 0.25) is 10.0 Å². The van der Waals surface area contributed by atoms with Gasteiger partial charge < -0.3 is 5.32 Å². The summed E-state index contributed by atoms with van der Waals surface area (Å²) in [7, 11) is -4.60. The molecule has 0 saturated carbocycles. The predicted octanol–water partition coefficient (Wildman–Crippen LogP) is 3.37. The molecule has 1 atom stereocenters. The SMILES string of the molecule is Cc1ccc(-n2nc3c(c2NC(=O)c2ccc(S(=O)(=O)N4CCCCC4)cc2)C[S@@](=O)C3)cc1. The lowest BCUT2D eigenvalue weighted by Crippen LogP contribution is -2.35. The lowest BCUT2D eigenvalue weighted by Gasteiger charge is -2.25. The molecule has 34 heavy (non-hydrogen) atoms. The first-order valence-corrected chi connectivity index (χ1v) is 14.2. The molecule has 1 N–H and O–H groups in total. The highest BCUT2D eigenvalue weighted by Crippen LogP contribution is 2.32. The molecule has 0 unspecified atom stereocenters. The molecule has 0 radical (unpaired) electrons. The van der Waals surface area contributed by atoms with Gasteiger partial charge in [0.25, 0.3) is 5.91 Å². The molecule has 0 spiro atoms. The summed E-state index contributed by atoms with van der Waals surface area (Å²) >= 11 is 0. The van der Waals surface area contributed by atoms with Crippen LogP contribution in [0.15, 0.2) is 53.4 Å². The van der Waals surface area contributed by atoms with Gasteiger partial charge in [-0.1, -0.05) is 24.1 Å². The van der Waals surface area contributed by atoms with Crippen LogP contribution in [0.5, 0.6) is 0 Å². The van der Waals surface area contributed by atoms with Crippen molar-refractivity contribution in [3.05, 3.63) is 70.9 Å². The zero-order valence-corrected chi connectivity index (χ0v) is 20.5. The Morgan fingerprint density at radius 3 is 2.32 bits per heavy atom. The predicted molar refractivity (Wildman–Crippen MR) is 131 cm³/mol. The van der Waals surface area contributed by atoms with E-state index in [-0.39, 0.29) is 10.8 Å². The summed E-state index contributed by atoms with van der Waals surface area (Å²) in [6.07, 6.45) is 2.77. The highest BCUT2D eigenvalue weighted by molar-refractivity contribution is 7.89. The Kier molecular flexibility index (Phi) is 6.13. The number of piperidine rings is 1. The van der Waals surface area contributed by atoms with Gasteiger partial charge in [-0.3, -0.25) is 9.00 Å². The molecule has 0 aliphatic carbocycles. The van der Waals surface area contributed by atoms with Crippen molar-refractivity contribution < 1.29 is 17.4 Å². The number of carbonyl (C=O) groups excluding carboxylic acids is 1. The maximum atomic E-state index is 13.1. The molecule has 1 aromatic heterocycles. The Labute approximate surface area is 201 Å². The van der Waals surface area contributed by atoms with E-state index in [4.69, 9.17) is 0 Å². The Bertz CT molecular complexity index is 1360. The second kappa shape index (κ2) is 9.09. The Balaban J connectivity index is 1.41. The van der Waals surface area contributed by atoms with Crippen molar-refractivity contribution in [3.8, 4) is 5.69 Å². The third kappa shape index (κ3) is 4.33. The van der Waals surface area contributed by atoms with Gasteiger partial charge in [-0.05, 0) is 56.2 Å². The number of hydrogen-bond donors (Lipinski definition) is 1. The zero-order valence-electron chi connectivity index (χ0n) is 18.9. The Hall–Kier alpha value is -2.82. The van der Waals surface area contributed by atoms with Crippen molar-refractivity contribution in [2.24, 2.45) is 0 Å². The molecule has 1 fully saturated rings. The van der Waals surface area contributed by atoms with E-state index in [0.717, 1.165) is 41.8 Å². The summed E-state index contributed by atoms with van der Waals surface area (Å²) in [6.45, 7) is 3.05. The van der Waals surface area contributed by atoms with Crippen molar-refractivity contribution in [1.29, 1.82) is 0 Å². The molecular weight excluding hydrogens is 472 g/mol. The molecule has 3 heterocycles. The topological polar surface area (TPSA) is 101 Å². The van der Waals surface area contributed by atoms with E-state index in [0.29, 0.717) is 36.0 Å². The van der Waals surface area contributed by atoms with E-state index in [1.54, 1.807) is 4.68 Å². The van der Waals surface area contributed by atoms with Gasteiger partial charge in [0.15, 0.2) is 0 Å². The van der Waals surface area contributed by atoms with E-state index in [1.807, 2.05) is 31.2 Å². The molecule has 8 nitrogen and oxygen atoms in total. The third-order valence-corrected chi connectivity index (χ3v) is 9.37. The zero-order chi connectivity index (χ0) is 23.9. The van der Waals surface area contributed by atoms with Crippen LogP contribution < -0.4 is 5.32 Å². The number of rotatable bonds is 5. The number of nitrogens with one attached hydrogen (secondary N) is 1. The molecule has 1 amide bonds. The molecule has 0 bridgehead atoms. The number of sulfonamides is 1. The molecule has 2 aromatic carbocycles.